The van der Waals surface area contributed by atoms with E-state index >= 15 is 0 Å². The van der Waals surface area contributed by atoms with Gasteiger partial charge in [-0.1, -0.05) is 58.0 Å². The molecule has 1 aliphatic rings. The van der Waals surface area contributed by atoms with Crippen LogP contribution in [0.15, 0.2) is 36.4 Å². The average molecular weight is 531 g/mol. The highest BCUT2D eigenvalue weighted by atomic mass is 16.5. The topological polar surface area (TPSA) is 78.8 Å². The largest absolute Gasteiger partial charge is 0.488 e. The normalized spacial score (nSPS) is 14.2. The summed E-state index contributed by atoms with van der Waals surface area (Å²) in [5, 5.41) is 9.25. The fraction of sp³-hybridized carbons (Fsp3) is 0.469. The summed E-state index contributed by atoms with van der Waals surface area (Å²) in [6, 6.07) is 12.9. The molecular weight excluding hydrogens is 488 g/mol. The Labute approximate surface area is 232 Å². The molecule has 1 saturated heterocycles. The van der Waals surface area contributed by atoms with Crippen molar-refractivity contribution < 1.29 is 14.6 Å². The average Bonchev–Trinajstić information content (AvgIpc) is 2.92. The van der Waals surface area contributed by atoms with E-state index in [9.17, 15) is 9.90 Å². The molecule has 1 aliphatic heterocycles. The number of hydrogen-bond donors (Lipinski definition) is 1. The summed E-state index contributed by atoms with van der Waals surface area (Å²) < 4.78 is 6.44. The van der Waals surface area contributed by atoms with Crippen LogP contribution < -0.4 is 9.64 Å². The molecule has 7 nitrogen and oxygen atoms in total. The van der Waals surface area contributed by atoms with Gasteiger partial charge in [-0.15, -0.1) is 0 Å². The van der Waals surface area contributed by atoms with Gasteiger partial charge in [0.05, 0.1) is 17.8 Å². The number of carboxylic acids is 1. The van der Waals surface area contributed by atoms with E-state index in [0.29, 0.717) is 38.7 Å². The first-order valence-electron chi connectivity index (χ1n) is 14.1. The summed E-state index contributed by atoms with van der Waals surface area (Å²) in [6.07, 6.45) is 1.82. The second kappa shape index (κ2) is 12.6. The van der Waals surface area contributed by atoms with Gasteiger partial charge in [-0.3, -0.25) is 9.69 Å². The lowest BCUT2D eigenvalue weighted by molar-refractivity contribution is -0.138. The molecule has 0 spiro atoms. The molecule has 7 heteroatoms. The third-order valence-corrected chi connectivity index (χ3v) is 7.70. The zero-order valence-electron chi connectivity index (χ0n) is 24.3. The van der Waals surface area contributed by atoms with Gasteiger partial charge in [-0.25, -0.2) is 9.97 Å². The minimum absolute atomic E-state index is 0.0626. The molecule has 2 heterocycles. The summed E-state index contributed by atoms with van der Waals surface area (Å²) in [5.41, 5.74) is 7.86. The van der Waals surface area contributed by atoms with E-state index in [1.807, 2.05) is 11.8 Å². The summed E-state index contributed by atoms with van der Waals surface area (Å²) in [6.45, 7) is 16.0. The molecule has 3 aromatic rings. The molecule has 0 aliphatic carbocycles. The van der Waals surface area contributed by atoms with Crippen molar-refractivity contribution in [3.63, 3.8) is 0 Å². The monoisotopic (exact) mass is 530 g/mol. The fourth-order valence-electron chi connectivity index (χ4n) is 5.24. The number of hydrogen-bond acceptors (Lipinski definition) is 6. The van der Waals surface area contributed by atoms with Crippen LogP contribution in [0.5, 0.6) is 5.75 Å². The minimum atomic E-state index is -0.792. The van der Waals surface area contributed by atoms with Gasteiger partial charge in [0, 0.05) is 31.7 Å². The van der Waals surface area contributed by atoms with Crippen LogP contribution in [0.1, 0.15) is 67.1 Å². The molecule has 39 heavy (non-hydrogen) atoms. The van der Waals surface area contributed by atoms with Gasteiger partial charge >= 0.3 is 5.97 Å². The Kier molecular flexibility index (Phi) is 9.23. The van der Waals surface area contributed by atoms with Gasteiger partial charge < -0.3 is 14.7 Å². The zero-order valence-corrected chi connectivity index (χ0v) is 24.3. The predicted octanol–water partition coefficient (Wildman–Crippen LogP) is 5.79. The van der Waals surface area contributed by atoms with E-state index in [0.717, 1.165) is 52.6 Å². The Morgan fingerprint density at radius 3 is 2.26 bits per heavy atom. The first-order chi connectivity index (χ1) is 18.7. The van der Waals surface area contributed by atoms with Gasteiger partial charge in [0.15, 0.2) is 5.82 Å². The molecule has 1 N–H and O–H groups in total. The maximum atomic E-state index is 11.3. The van der Waals surface area contributed by atoms with E-state index in [-0.39, 0.29) is 6.54 Å². The molecule has 208 valence electrons. The van der Waals surface area contributed by atoms with Crippen molar-refractivity contribution in [2.24, 2.45) is 0 Å². The zero-order chi connectivity index (χ0) is 28.1. The lowest BCUT2D eigenvalue weighted by Crippen LogP contribution is -2.48. The SMILES string of the molecule is CCc1cccc(CC)c1-c1nc(C)c(COc2cc(C(C)C)ccc2C)c(N2CCN(CC(=O)O)CC2)n1. The number of piperazine rings is 1. The van der Waals surface area contributed by atoms with Crippen LogP contribution in [0.25, 0.3) is 11.4 Å². The first-order valence-corrected chi connectivity index (χ1v) is 14.1. The van der Waals surface area contributed by atoms with Crippen LogP contribution in [-0.2, 0) is 24.2 Å². The molecule has 4 rings (SSSR count). The second-order valence-electron chi connectivity index (χ2n) is 10.7. The van der Waals surface area contributed by atoms with Crippen molar-refractivity contribution in [2.75, 3.05) is 37.6 Å². The number of carboxylic acid groups (broad SMARTS) is 1. The summed E-state index contributed by atoms with van der Waals surface area (Å²) in [7, 11) is 0. The molecule has 0 bridgehead atoms. The van der Waals surface area contributed by atoms with Crippen LogP contribution in [0.4, 0.5) is 5.82 Å². The van der Waals surface area contributed by atoms with Crippen molar-refractivity contribution in [1.29, 1.82) is 0 Å². The highest BCUT2D eigenvalue weighted by Gasteiger charge is 2.25. The van der Waals surface area contributed by atoms with E-state index in [1.54, 1.807) is 0 Å². The number of benzene rings is 2. The molecule has 1 fully saturated rings. The highest BCUT2D eigenvalue weighted by Crippen LogP contribution is 2.32. The van der Waals surface area contributed by atoms with Crippen LogP contribution in [0.3, 0.4) is 0 Å². The molecule has 1 aromatic heterocycles. The number of aryl methyl sites for hydroxylation is 4. The molecule has 0 amide bonds. The molecule has 0 atom stereocenters. The first kappa shape index (κ1) is 28.6. The van der Waals surface area contributed by atoms with Crippen molar-refractivity contribution in [2.45, 2.75) is 66.9 Å². The number of rotatable bonds is 10. The Hall–Kier alpha value is -3.45. The number of nitrogens with zero attached hydrogens (tertiary/aromatic N) is 4. The van der Waals surface area contributed by atoms with Crippen molar-refractivity contribution in [3.05, 3.63) is 69.9 Å². The van der Waals surface area contributed by atoms with Crippen LogP contribution >= 0.6 is 0 Å². The lowest BCUT2D eigenvalue weighted by Gasteiger charge is -2.36. The van der Waals surface area contributed by atoms with Crippen molar-refractivity contribution in [1.82, 2.24) is 14.9 Å². The highest BCUT2D eigenvalue weighted by molar-refractivity contribution is 5.69. The van der Waals surface area contributed by atoms with Crippen LogP contribution in [-0.4, -0.2) is 58.7 Å². The molecule has 0 saturated carbocycles. The fourth-order valence-corrected chi connectivity index (χ4v) is 5.24. The number of carbonyl (C=O) groups is 1. The summed E-state index contributed by atoms with van der Waals surface area (Å²) >= 11 is 0. The van der Waals surface area contributed by atoms with Gasteiger partial charge in [0.2, 0.25) is 0 Å². The molecule has 0 radical (unpaired) electrons. The minimum Gasteiger partial charge on any atom is -0.488 e. The third kappa shape index (κ3) is 6.59. The maximum Gasteiger partial charge on any atom is 0.317 e. The van der Waals surface area contributed by atoms with Gasteiger partial charge in [0.1, 0.15) is 18.2 Å². The Morgan fingerprint density at radius 2 is 1.67 bits per heavy atom. The quantitative estimate of drug-likeness (QED) is 0.355. The van der Waals surface area contributed by atoms with E-state index in [2.05, 4.69) is 75.9 Å². The number of anilines is 1. The smallest absolute Gasteiger partial charge is 0.317 e. The lowest BCUT2D eigenvalue weighted by atomic mass is 9.96. The van der Waals surface area contributed by atoms with Gasteiger partial charge in [0.25, 0.3) is 0 Å². The maximum absolute atomic E-state index is 11.3. The van der Waals surface area contributed by atoms with Crippen LogP contribution in [0.2, 0.25) is 0 Å². The van der Waals surface area contributed by atoms with Gasteiger partial charge in [-0.05, 0) is 60.9 Å². The van der Waals surface area contributed by atoms with E-state index in [4.69, 9.17) is 14.7 Å². The number of aromatic nitrogens is 2. The summed E-state index contributed by atoms with van der Waals surface area (Å²) in [5.74, 6) is 2.15. The Bertz CT molecular complexity index is 1290. The standard InChI is InChI=1S/C32H42N4O3/c1-7-24-10-9-11-25(8-2)30(24)31-33-23(6)27(20-39-28-18-26(21(3)4)13-12-22(28)5)32(34-31)36-16-14-35(15-17-36)19-29(37)38/h9-13,18,21H,7-8,14-17,19-20H2,1-6H3,(H,37,38). The van der Waals surface area contributed by atoms with Crippen molar-refractivity contribution in [3.8, 4) is 17.1 Å². The van der Waals surface area contributed by atoms with Gasteiger partial charge in [-0.2, -0.15) is 0 Å². The Morgan fingerprint density at radius 1 is 1.00 bits per heavy atom. The molecule has 0 unspecified atom stereocenters. The second-order valence-corrected chi connectivity index (χ2v) is 10.7. The summed E-state index contributed by atoms with van der Waals surface area (Å²) in [4.78, 5) is 25.8. The Balaban J connectivity index is 1.74. The van der Waals surface area contributed by atoms with E-state index in [1.165, 1.54) is 16.7 Å². The third-order valence-electron chi connectivity index (χ3n) is 7.70. The predicted molar refractivity (Wildman–Crippen MR) is 157 cm³/mol. The number of ether oxygens (including phenoxy) is 1. The van der Waals surface area contributed by atoms with Crippen LogP contribution in [0, 0.1) is 13.8 Å². The van der Waals surface area contributed by atoms with E-state index < -0.39 is 5.97 Å². The molecular formula is C32H42N4O3. The number of aliphatic carboxylic acids is 1. The molecule has 2 aromatic carbocycles. The van der Waals surface area contributed by atoms with Crippen molar-refractivity contribution >= 4 is 11.8 Å².